The highest BCUT2D eigenvalue weighted by molar-refractivity contribution is 7.17. The van der Waals surface area contributed by atoms with Crippen LogP contribution in [0.4, 0.5) is 15.1 Å². The first-order valence-electron chi connectivity index (χ1n) is 8.07. The smallest absolute Gasteiger partial charge is 0.278 e. The number of nitriles is 1. The van der Waals surface area contributed by atoms with Crippen molar-refractivity contribution in [3.8, 4) is 6.07 Å². The van der Waals surface area contributed by atoms with Gasteiger partial charge in [0.15, 0.2) is 0 Å². The number of carbonyl (C=O) groups is 1. The molecule has 1 aromatic heterocycles. The van der Waals surface area contributed by atoms with Crippen molar-refractivity contribution in [1.82, 2.24) is 5.48 Å². The molecule has 1 heterocycles. The van der Waals surface area contributed by atoms with E-state index in [0.29, 0.717) is 15.4 Å². The van der Waals surface area contributed by atoms with Crippen molar-refractivity contribution in [2.45, 2.75) is 27.7 Å². The number of nitrogens with zero attached hydrogens (tertiary/aromatic N) is 1. The van der Waals surface area contributed by atoms with E-state index in [9.17, 15) is 14.4 Å². The zero-order chi connectivity index (χ0) is 19.7. The van der Waals surface area contributed by atoms with E-state index in [1.807, 2.05) is 19.9 Å². The maximum atomic E-state index is 14.0. The highest BCUT2D eigenvalue weighted by Crippen LogP contribution is 2.35. The zero-order valence-corrected chi connectivity index (χ0v) is 16.0. The maximum Gasteiger partial charge on any atom is 0.278 e. The Hall–Kier alpha value is -2.47. The molecule has 8 heteroatoms. The maximum absolute atomic E-state index is 14.0. The summed E-state index contributed by atoms with van der Waals surface area (Å²) >= 11 is 1.06. The minimum absolute atomic E-state index is 0.0601. The lowest BCUT2D eigenvalue weighted by molar-refractivity contribution is 0.0169. The zero-order valence-electron chi connectivity index (χ0n) is 15.1. The minimum Gasteiger partial charge on any atom is -0.394 e. The first-order chi connectivity index (χ1) is 12.5. The summed E-state index contributed by atoms with van der Waals surface area (Å²) in [6.07, 6.45) is 0. The van der Waals surface area contributed by atoms with Crippen molar-refractivity contribution in [3.63, 3.8) is 0 Å². The molecule has 140 valence electrons. The van der Waals surface area contributed by atoms with Crippen LogP contribution in [-0.4, -0.2) is 24.2 Å². The van der Waals surface area contributed by atoms with Gasteiger partial charge in [0, 0.05) is 0 Å². The van der Waals surface area contributed by atoms with E-state index in [2.05, 4.69) is 10.8 Å². The quantitative estimate of drug-likeness (QED) is 0.524. The van der Waals surface area contributed by atoms with E-state index in [4.69, 9.17) is 9.94 Å². The normalized spacial score (nSPS) is 9.73. The molecule has 26 heavy (non-hydrogen) atoms. The molecule has 3 N–H and O–H groups in total. The number of aliphatic hydroxyl groups excluding tert-OH is 1. The lowest BCUT2D eigenvalue weighted by Gasteiger charge is -2.10. The molecule has 0 aliphatic rings. The summed E-state index contributed by atoms with van der Waals surface area (Å²) in [5, 5.41) is 21.1. The Morgan fingerprint density at radius 1 is 1.38 bits per heavy atom. The Kier molecular flexibility index (Phi) is 8.72. The topological polar surface area (TPSA) is 94.4 Å². The number of nitrogens with one attached hydrogen (secondary N) is 2. The predicted molar refractivity (Wildman–Crippen MR) is 100 cm³/mol. The SMILES string of the molecule is CC.Cc1ccc(Nc2sc(C#N)c(C)c2C(=O)NOCCO)c(F)c1. The van der Waals surface area contributed by atoms with Crippen LogP contribution in [0.5, 0.6) is 0 Å². The molecule has 0 radical (unpaired) electrons. The number of hydroxylamine groups is 1. The molecular formula is C18H22FN3O3S. The summed E-state index contributed by atoms with van der Waals surface area (Å²) in [6, 6.07) is 6.69. The molecule has 6 nitrogen and oxygen atoms in total. The highest BCUT2D eigenvalue weighted by atomic mass is 32.1. The fourth-order valence-electron chi connectivity index (χ4n) is 2.04. The molecule has 2 aromatic rings. The first-order valence-corrected chi connectivity index (χ1v) is 8.89. The van der Waals surface area contributed by atoms with Crippen molar-refractivity contribution >= 4 is 27.9 Å². The second-order valence-corrected chi connectivity index (χ2v) is 6.00. The van der Waals surface area contributed by atoms with E-state index >= 15 is 0 Å². The van der Waals surface area contributed by atoms with Gasteiger partial charge in [0.1, 0.15) is 21.8 Å². The van der Waals surface area contributed by atoms with Gasteiger partial charge in [-0.2, -0.15) is 5.26 Å². The van der Waals surface area contributed by atoms with Gasteiger partial charge in [-0.05, 0) is 37.1 Å². The molecule has 0 aliphatic heterocycles. The van der Waals surface area contributed by atoms with Gasteiger partial charge >= 0.3 is 0 Å². The van der Waals surface area contributed by atoms with Crippen LogP contribution in [0.3, 0.4) is 0 Å². The van der Waals surface area contributed by atoms with Gasteiger partial charge < -0.3 is 10.4 Å². The van der Waals surface area contributed by atoms with Crippen LogP contribution in [-0.2, 0) is 4.84 Å². The van der Waals surface area contributed by atoms with Crippen LogP contribution < -0.4 is 10.8 Å². The van der Waals surface area contributed by atoms with Gasteiger partial charge in [0.05, 0.1) is 24.5 Å². The molecule has 0 bridgehead atoms. The molecule has 0 fully saturated rings. The summed E-state index contributed by atoms with van der Waals surface area (Å²) in [5.74, 6) is -1.03. The molecular weight excluding hydrogens is 357 g/mol. The number of thiophene rings is 1. The van der Waals surface area contributed by atoms with Crippen LogP contribution in [0.15, 0.2) is 18.2 Å². The molecule has 0 saturated carbocycles. The Bertz CT molecular complexity index is 800. The minimum atomic E-state index is -0.575. The molecule has 0 aliphatic carbocycles. The number of carbonyl (C=O) groups excluding carboxylic acids is 1. The summed E-state index contributed by atoms with van der Waals surface area (Å²) in [7, 11) is 0. The molecule has 0 unspecified atom stereocenters. The first kappa shape index (κ1) is 21.6. The average molecular weight is 379 g/mol. The third-order valence-electron chi connectivity index (χ3n) is 3.21. The number of hydrogen-bond acceptors (Lipinski definition) is 6. The summed E-state index contributed by atoms with van der Waals surface area (Å²) in [5.41, 5.74) is 3.85. The lowest BCUT2D eigenvalue weighted by atomic mass is 10.1. The molecule has 2 rings (SSSR count). The van der Waals surface area contributed by atoms with Gasteiger partial charge in [-0.25, -0.2) is 9.87 Å². The molecule has 1 amide bonds. The van der Waals surface area contributed by atoms with E-state index in [-0.39, 0.29) is 24.5 Å². The van der Waals surface area contributed by atoms with Crippen LogP contribution in [0.2, 0.25) is 0 Å². The van der Waals surface area contributed by atoms with E-state index < -0.39 is 11.7 Å². The molecule has 0 spiro atoms. The number of halogens is 1. The fraction of sp³-hybridized carbons (Fsp3) is 0.333. The third-order valence-corrected chi connectivity index (χ3v) is 4.32. The molecule has 0 atom stereocenters. The van der Waals surface area contributed by atoms with Gasteiger partial charge in [0.25, 0.3) is 5.91 Å². The second kappa shape index (κ2) is 10.5. The molecule has 0 saturated heterocycles. The fourth-order valence-corrected chi connectivity index (χ4v) is 3.05. The van der Waals surface area contributed by atoms with Crippen molar-refractivity contribution in [3.05, 3.63) is 45.6 Å². The van der Waals surface area contributed by atoms with Gasteiger partial charge in [-0.1, -0.05) is 19.9 Å². The average Bonchev–Trinajstić information content (AvgIpc) is 2.94. The number of amides is 1. The van der Waals surface area contributed by atoms with Crippen molar-refractivity contribution in [2.75, 3.05) is 18.5 Å². The van der Waals surface area contributed by atoms with E-state index in [1.54, 1.807) is 26.0 Å². The summed E-state index contributed by atoms with van der Waals surface area (Å²) < 4.78 is 14.0. The van der Waals surface area contributed by atoms with Crippen molar-refractivity contribution < 1.29 is 19.1 Å². The Balaban J connectivity index is 0.00000163. The van der Waals surface area contributed by atoms with E-state index in [0.717, 1.165) is 16.9 Å². The van der Waals surface area contributed by atoms with Crippen LogP contribution in [0, 0.1) is 31.0 Å². The number of benzene rings is 1. The Morgan fingerprint density at radius 3 is 2.65 bits per heavy atom. The predicted octanol–water partition coefficient (Wildman–Crippen LogP) is 3.80. The van der Waals surface area contributed by atoms with Gasteiger partial charge in [-0.15, -0.1) is 11.3 Å². The standard InChI is InChI=1S/C16H16FN3O3S.C2H6/c1-9-3-4-12(11(17)7-9)19-16-14(10(2)13(8-18)24-16)15(22)20-23-6-5-21;1-2/h3-4,7,19,21H,5-6H2,1-2H3,(H,20,22);1-2H3. The highest BCUT2D eigenvalue weighted by Gasteiger charge is 2.22. The van der Waals surface area contributed by atoms with E-state index in [1.165, 1.54) is 6.07 Å². The van der Waals surface area contributed by atoms with Gasteiger partial charge in [0.2, 0.25) is 0 Å². The number of aryl methyl sites for hydroxylation is 1. The van der Waals surface area contributed by atoms with Crippen molar-refractivity contribution in [2.24, 2.45) is 0 Å². The monoisotopic (exact) mass is 379 g/mol. The Labute approximate surface area is 156 Å². The van der Waals surface area contributed by atoms with Gasteiger partial charge in [-0.3, -0.25) is 9.63 Å². The summed E-state index contributed by atoms with van der Waals surface area (Å²) in [6.45, 7) is 7.10. The van der Waals surface area contributed by atoms with Crippen molar-refractivity contribution in [1.29, 1.82) is 5.26 Å². The molecule has 1 aromatic carbocycles. The van der Waals surface area contributed by atoms with Crippen LogP contribution in [0.1, 0.15) is 40.2 Å². The van der Waals surface area contributed by atoms with Crippen LogP contribution in [0.25, 0.3) is 0 Å². The number of aliphatic hydroxyl groups is 1. The second-order valence-electron chi connectivity index (χ2n) is 4.98. The summed E-state index contributed by atoms with van der Waals surface area (Å²) in [4.78, 5) is 17.4. The third kappa shape index (κ3) is 5.26. The lowest BCUT2D eigenvalue weighted by Crippen LogP contribution is -2.26. The Morgan fingerprint density at radius 2 is 2.08 bits per heavy atom. The van der Waals surface area contributed by atoms with Crippen LogP contribution >= 0.6 is 11.3 Å². The number of rotatable bonds is 6. The largest absolute Gasteiger partial charge is 0.394 e. The number of anilines is 2. The number of hydrogen-bond donors (Lipinski definition) is 3.